The van der Waals surface area contributed by atoms with Crippen LogP contribution >= 0.6 is 0 Å². The molecule has 1 aliphatic rings. The average Bonchev–Trinajstić information content (AvgIpc) is 2.77. The van der Waals surface area contributed by atoms with Gasteiger partial charge in [0.1, 0.15) is 0 Å². The molecule has 0 saturated heterocycles. The first kappa shape index (κ1) is 12.5. The monoisotopic (exact) mass is 296 g/mol. The maximum Gasteiger partial charge on any atom is 0 e. The van der Waals surface area contributed by atoms with Crippen LogP contribution in [0.4, 0.5) is 0 Å². The average molecular weight is 298 g/mol. The van der Waals surface area contributed by atoms with E-state index in [9.17, 15) is 0 Å². The van der Waals surface area contributed by atoms with E-state index in [1.807, 2.05) is 0 Å². The van der Waals surface area contributed by atoms with Crippen LogP contribution in [0, 0.1) is 6.92 Å². The summed E-state index contributed by atoms with van der Waals surface area (Å²) in [6, 6.07) is 15.2. The Hall–Kier alpha value is -0.937. The van der Waals surface area contributed by atoms with Crippen LogP contribution in [-0.4, -0.2) is 0 Å². The zero-order valence-corrected chi connectivity index (χ0v) is 12.4. The van der Waals surface area contributed by atoms with Gasteiger partial charge in [0.25, 0.3) is 0 Å². The predicted octanol–water partition coefficient (Wildman–Crippen LogP) is 4.23. The van der Waals surface area contributed by atoms with Gasteiger partial charge in [0.05, 0.1) is 0 Å². The molecule has 0 aliphatic heterocycles. The zero-order chi connectivity index (χ0) is 11.0. The molecule has 0 amide bonds. The Kier molecular flexibility index (Phi) is 3.79. The topological polar surface area (TPSA) is 0 Å². The molecule has 1 aliphatic carbocycles. The van der Waals surface area contributed by atoms with E-state index >= 15 is 0 Å². The molecule has 3 rings (SSSR count). The fourth-order valence-corrected chi connectivity index (χ4v) is 2.40. The number of rotatable bonds is 1. The summed E-state index contributed by atoms with van der Waals surface area (Å²) in [7, 11) is 0. The Morgan fingerprint density at radius 3 is 2.47 bits per heavy atom. The summed E-state index contributed by atoms with van der Waals surface area (Å²) >= 11 is 0. The largest absolute Gasteiger partial charge is 0.0795 e. The van der Waals surface area contributed by atoms with Crippen molar-refractivity contribution in [2.45, 2.75) is 13.3 Å². The van der Waals surface area contributed by atoms with Gasteiger partial charge in [-0.1, -0.05) is 54.6 Å². The second-order valence-corrected chi connectivity index (χ2v) is 4.30. The molecule has 0 spiro atoms. The Balaban J connectivity index is 0.00000108. The smallest absolute Gasteiger partial charge is 0 e. The van der Waals surface area contributed by atoms with Crippen LogP contribution in [0.5, 0.6) is 0 Å². The molecule has 2 aromatic carbocycles. The van der Waals surface area contributed by atoms with Crippen LogP contribution in [0.1, 0.15) is 16.7 Å². The molecule has 0 fully saturated rings. The molecule has 0 N–H and O–H groups in total. The summed E-state index contributed by atoms with van der Waals surface area (Å²) in [5.41, 5.74) is 6.91. The summed E-state index contributed by atoms with van der Waals surface area (Å²) < 4.78 is 0. The Morgan fingerprint density at radius 1 is 0.882 bits per heavy atom. The van der Waals surface area contributed by atoms with Gasteiger partial charge in [-0.2, -0.15) is 0 Å². The zero-order valence-electron chi connectivity index (χ0n) is 9.90. The normalized spacial score (nSPS) is 12.1. The fourth-order valence-electron chi connectivity index (χ4n) is 2.40. The second-order valence-electron chi connectivity index (χ2n) is 4.30. The first-order valence-electron chi connectivity index (χ1n) is 5.71. The van der Waals surface area contributed by atoms with Crippen molar-refractivity contribution in [3.63, 3.8) is 0 Å². The maximum atomic E-state index is 2.25. The first-order chi connectivity index (χ1) is 7.86. The van der Waals surface area contributed by atoms with Crippen molar-refractivity contribution >= 4 is 6.08 Å². The van der Waals surface area contributed by atoms with Crippen molar-refractivity contribution in [2.75, 3.05) is 0 Å². The van der Waals surface area contributed by atoms with Crippen LogP contribution in [0.3, 0.4) is 0 Å². The molecular weight excluding hydrogens is 283 g/mol. The first-order valence-corrected chi connectivity index (χ1v) is 5.71. The summed E-state index contributed by atoms with van der Waals surface area (Å²) in [6.07, 6.45) is 5.57. The molecule has 0 bridgehead atoms. The maximum absolute atomic E-state index is 2.25. The van der Waals surface area contributed by atoms with Crippen molar-refractivity contribution in [1.82, 2.24) is 0 Å². The van der Waals surface area contributed by atoms with Crippen molar-refractivity contribution in [3.8, 4) is 11.1 Å². The van der Waals surface area contributed by atoms with Gasteiger partial charge in [-0.05, 0) is 41.2 Å². The SMILES string of the molecule is Cc1ccccc1-c1cccc2c1C=CC2.[Zr]. The molecule has 0 aromatic heterocycles. The molecule has 17 heavy (non-hydrogen) atoms. The summed E-state index contributed by atoms with van der Waals surface area (Å²) in [6.45, 7) is 2.17. The molecule has 82 valence electrons. The molecule has 2 aromatic rings. The van der Waals surface area contributed by atoms with Crippen molar-refractivity contribution in [2.24, 2.45) is 0 Å². The Morgan fingerprint density at radius 2 is 1.65 bits per heavy atom. The summed E-state index contributed by atoms with van der Waals surface area (Å²) in [5.74, 6) is 0. The summed E-state index contributed by atoms with van der Waals surface area (Å²) in [4.78, 5) is 0. The Labute approximate surface area is 122 Å². The standard InChI is InChI=1S/C16H14.Zr/c1-12-6-2-3-9-14(12)16-11-5-8-13-7-4-10-15(13)16;/h2-6,8-11H,7H2,1H3;. The minimum absolute atomic E-state index is 0. The van der Waals surface area contributed by atoms with Crippen molar-refractivity contribution in [3.05, 3.63) is 65.2 Å². The van der Waals surface area contributed by atoms with Crippen molar-refractivity contribution < 1.29 is 26.2 Å². The summed E-state index contributed by atoms with van der Waals surface area (Å²) in [5, 5.41) is 0. The van der Waals surface area contributed by atoms with Crippen LogP contribution in [0.2, 0.25) is 0 Å². The number of hydrogen-bond donors (Lipinski definition) is 0. The quantitative estimate of drug-likeness (QED) is 0.739. The van der Waals surface area contributed by atoms with Gasteiger partial charge in [-0.25, -0.2) is 0 Å². The van der Waals surface area contributed by atoms with E-state index in [-0.39, 0.29) is 26.2 Å². The van der Waals surface area contributed by atoms with Gasteiger partial charge >= 0.3 is 0 Å². The molecule has 1 heteroatoms. The minimum atomic E-state index is 0. The fraction of sp³-hybridized carbons (Fsp3) is 0.125. The van der Waals surface area contributed by atoms with E-state index in [2.05, 4.69) is 61.5 Å². The molecule has 0 saturated carbocycles. The van der Waals surface area contributed by atoms with E-state index in [1.165, 1.54) is 27.8 Å². The van der Waals surface area contributed by atoms with Gasteiger partial charge in [0, 0.05) is 26.2 Å². The second kappa shape index (κ2) is 5.14. The van der Waals surface area contributed by atoms with Crippen LogP contribution in [0.25, 0.3) is 17.2 Å². The van der Waals surface area contributed by atoms with Crippen LogP contribution in [-0.2, 0) is 32.6 Å². The molecule has 0 radical (unpaired) electrons. The third-order valence-electron chi connectivity index (χ3n) is 3.25. The van der Waals surface area contributed by atoms with Gasteiger partial charge in [0.2, 0.25) is 0 Å². The molecular formula is C16H14Zr. The van der Waals surface area contributed by atoms with E-state index in [4.69, 9.17) is 0 Å². The van der Waals surface area contributed by atoms with E-state index in [1.54, 1.807) is 0 Å². The third kappa shape index (κ3) is 2.22. The van der Waals surface area contributed by atoms with Gasteiger partial charge in [-0.15, -0.1) is 0 Å². The number of benzene rings is 2. The van der Waals surface area contributed by atoms with Crippen LogP contribution in [0.15, 0.2) is 48.5 Å². The van der Waals surface area contributed by atoms with E-state index in [0.29, 0.717) is 0 Å². The molecule has 0 nitrogen and oxygen atoms in total. The van der Waals surface area contributed by atoms with Gasteiger partial charge in [-0.3, -0.25) is 0 Å². The van der Waals surface area contributed by atoms with Crippen LogP contribution < -0.4 is 0 Å². The van der Waals surface area contributed by atoms with E-state index < -0.39 is 0 Å². The van der Waals surface area contributed by atoms with Gasteiger partial charge in [0.15, 0.2) is 0 Å². The number of hydrogen-bond acceptors (Lipinski definition) is 0. The number of aryl methyl sites for hydroxylation is 1. The molecule has 0 heterocycles. The van der Waals surface area contributed by atoms with E-state index in [0.717, 1.165) is 6.42 Å². The Bertz CT molecular complexity index is 567. The number of allylic oxidation sites excluding steroid dienone is 1. The minimum Gasteiger partial charge on any atom is -0.0795 e. The van der Waals surface area contributed by atoms with Crippen molar-refractivity contribution in [1.29, 1.82) is 0 Å². The van der Waals surface area contributed by atoms with Gasteiger partial charge < -0.3 is 0 Å². The number of fused-ring (bicyclic) bond motifs is 1. The predicted molar refractivity (Wildman–Crippen MR) is 69.4 cm³/mol. The molecule has 0 unspecified atom stereocenters. The molecule has 0 atom stereocenters. The third-order valence-corrected chi connectivity index (χ3v) is 3.25.